The second-order valence-corrected chi connectivity index (χ2v) is 5.78. The van der Waals surface area contributed by atoms with Crippen LogP contribution < -0.4 is 4.72 Å². The monoisotopic (exact) mass is 230 g/mol. The number of hydrogen-bond acceptors (Lipinski definition) is 2. The van der Waals surface area contributed by atoms with Gasteiger partial charge in [0.1, 0.15) is 0 Å². The zero-order valence-electron chi connectivity index (χ0n) is 9.66. The Kier molecular flexibility index (Phi) is 3.57. The highest BCUT2D eigenvalue weighted by molar-refractivity contribution is 7.89. The first kappa shape index (κ1) is 12.3. The van der Waals surface area contributed by atoms with Crippen LogP contribution in [0.1, 0.15) is 23.9 Å². The number of aromatic nitrogens is 1. The van der Waals surface area contributed by atoms with Gasteiger partial charge in [-0.1, -0.05) is 0 Å². The molecule has 1 rings (SSSR count). The Morgan fingerprint density at radius 3 is 2.40 bits per heavy atom. The third-order valence-electron chi connectivity index (χ3n) is 2.74. The quantitative estimate of drug-likeness (QED) is 0.841. The second-order valence-electron chi connectivity index (χ2n) is 3.68. The van der Waals surface area contributed by atoms with Crippen molar-refractivity contribution in [1.82, 2.24) is 9.29 Å². The average molecular weight is 230 g/mol. The molecule has 1 N–H and O–H groups in total. The predicted octanol–water partition coefficient (Wildman–Crippen LogP) is 1.08. The molecule has 1 aromatic rings. The lowest BCUT2D eigenvalue weighted by molar-refractivity contribution is 0.582. The molecule has 1 heterocycles. The number of nitrogens with one attached hydrogen (secondary N) is 1. The second kappa shape index (κ2) is 4.37. The number of nitrogens with zero attached hydrogens (tertiary/aromatic N) is 1. The van der Waals surface area contributed by atoms with Gasteiger partial charge in [-0.25, -0.2) is 13.1 Å². The molecule has 0 aliphatic heterocycles. The predicted molar refractivity (Wildman–Crippen MR) is 61.2 cm³/mol. The van der Waals surface area contributed by atoms with Gasteiger partial charge in [0, 0.05) is 25.0 Å². The largest absolute Gasteiger partial charge is 0.352 e. The Bertz CT molecular complexity index is 446. The highest BCUT2D eigenvalue weighted by Gasteiger charge is 2.10. The van der Waals surface area contributed by atoms with E-state index in [4.69, 9.17) is 0 Å². The molecule has 0 aromatic carbocycles. The van der Waals surface area contributed by atoms with Crippen LogP contribution in [-0.2, 0) is 23.6 Å². The molecule has 0 radical (unpaired) electrons. The fourth-order valence-electron chi connectivity index (χ4n) is 1.40. The van der Waals surface area contributed by atoms with Gasteiger partial charge < -0.3 is 4.57 Å². The molecule has 0 aliphatic carbocycles. The number of aryl methyl sites for hydroxylation is 1. The summed E-state index contributed by atoms with van der Waals surface area (Å²) in [4.78, 5) is 0. The first-order chi connectivity index (χ1) is 6.87. The zero-order valence-corrected chi connectivity index (χ0v) is 10.5. The highest BCUT2D eigenvalue weighted by Crippen LogP contribution is 2.12. The maximum absolute atomic E-state index is 11.3. The van der Waals surface area contributed by atoms with E-state index in [1.54, 1.807) is 6.92 Å². The van der Waals surface area contributed by atoms with E-state index in [1.807, 2.05) is 27.0 Å². The lowest BCUT2D eigenvalue weighted by Crippen LogP contribution is -2.24. The molecule has 0 unspecified atom stereocenters. The number of sulfonamides is 1. The Labute approximate surface area is 91.4 Å². The van der Waals surface area contributed by atoms with E-state index in [9.17, 15) is 8.42 Å². The standard InChI is InChI=1S/C10H18N2O2S/c1-5-15(13,14)11-7-10-6-8(2)12(4)9(10)3/h6,11H,5,7H2,1-4H3. The summed E-state index contributed by atoms with van der Waals surface area (Å²) in [7, 11) is -1.12. The maximum atomic E-state index is 11.3. The van der Waals surface area contributed by atoms with Crippen LogP contribution in [0.25, 0.3) is 0 Å². The average Bonchev–Trinajstić information content (AvgIpc) is 2.43. The normalized spacial score (nSPS) is 12.0. The summed E-state index contributed by atoms with van der Waals surface area (Å²) in [5.74, 6) is 0.123. The van der Waals surface area contributed by atoms with Gasteiger partial charge >= 0.3 is 0 Å². The third-order valence-corrected chi connectivity index (χ3v) is 4.09. The van der Waals surface area contributed by atoms with Gasteiger partial charge in [-0.15, -0.1) is 0 Å². The van der Waals surface area contributed by atoms with Crippen molar-refractivity contribution in [2.24, 2.45) is 7.05 Å². The molecule has 0 aliphatic rings. The molecule has 0 saturated carbocycles. The van der Waals surface area contributed by atoms with E-state index in [-0.39, 0.29) is 5.75 Å². The minimum Gasteiger partial charge on any atom is -0.352 e. The molecule has 1 aromatic heterocycles. The zero-order chi connectivity index (χ0) is 11.6. The molecule has 15 heavy (non-hydrogen) atoms. The van der Waals surface area contributed by atoms with Crippen LogP contribution in [0.4, 0.5) is 0 Å². The minimum absolute atomic E-state index is 0.123. The fraction of sp³-hybridized carbons (Fsp3) is 0.600. The minimum atomic E-state index is -3.10. The van der Waals surface area contributed by atoms with Crippen LogP contribution in [0.2, 0.25) is 0 Å². The Morgan fingerprint density at radius 1 is 1.40 bits per heavy atom. The van der Waals surface area contributed by atoms with Gasteiger partial charge in [-0.05, 0) is 32.4 Å². The number of rotatable bonds is 4. The summed E-state index contributed by atoms with van der Waals surface area (Å²) < 4.78 is 27.1. The van der Waals surface area contributed by atoms with Gasteiger partial charge in [0.2, 0.25) is 10.0 Å². The van der Waals surface area contributed by atoms with Crippen molar-refractivity contribution in [3.63, 3.8) is 0 Å². The van der Waals surface area contributed by atoms with Crippen LogP contribution in [0.5, 0.6) is 0 Å². The van der Waals surface area contributed by atoms with E-state index in [1.165, 1.54) is 0 Å². The van der Waals surface area contributed by atoms with Crippen molar-refractivity contribution in [3.8, 4) is 0 Å². The summed E-state index contributed by atoms with van der Waals surface area (Å²) in [6.45, 7) is 6.00. The van der Waals surface area contributed by atoms with Gasteiger partial charge in [0.25, 0.3) is 0 Å². The molecule has 0 spiro atoms. The van der Waals surface area contributed by atoms with Crippen molar-refractivity contribution >= 4 is 10.0 Å². The molecule has 4 nitrogen and oxygen atoms in total. The van der Waals surface area contributed by atoms with E-state index in [0.717, 1.165) is 17.0 Å². The van der Waals surface area contributed by atoms with Gasteiger partial charge in [0.05, 0.1) is 5.75 Å². The van der Waals surface area contributed by atoms with Crippen molar-refractivity contribution in [2.45, 2.75) is 27.3 Å². The lowest BCUT2D eigenvalue weighted by atomic mass is 10.2. The van der Waals surface area contributed by atoms with Crippen LogP contribution in [0.15, 0.2) is 6.07 Å². The van der Waals surface area contributed by atoms with Crippen molar-refractivity contribution in [2.75, 3.05) is 5.75 Å². The summed E-state index contributed by atoms with van der Waals surface area (Å²) >= 11 is 0. The summed E-state index contributed by atoms with van der Waals surface area (Å²) in [5.41, 5.74) is 3.27. The maximum Gasteiger partial charge on any atom is 0.211 e. The van der Waals surface area contributed by atoms with Crippen molar-refractivity contribution < 1.29 is 8.42 Å². The van der Waals surface area contributed by atoms with Gasteiger partial charge in [-0.2, -0.15) is 0 Å². The highest BCUT2D eigenvalue weighted by atomic mass is 32.2. The molecule has 86 valence electrons. The number of hydrogen-bond donors (Lipinski definition) is 1. The molecule has 0 saturated heterocycles. The molecule has 0 atom stereocenters. The first-order valence-corrected chi connectivity index (χ1v) is 6.61. The summed E-state index contributed by atoms with van der Waals surface area (Å²) in [6.07, 6.45) is 0. The van der Waals surface area contributed by atoms with Crippen molar-refractivity contribution in [3.05, 3.63) is 23.0 Å². The third kappa shape index (κ3) is 2.82. The first-order valence-electron chi connectivity index (χ1n) is 4.96. The van der Waals surface area contributed by atoms with Crippen LogP contribution in [0.3, 0.4) is 0 Å². The van der Waals surface area contributed by atoms with Crippen molar-refractivity contribution in [1.29, 1.82) is 0 Å². The van der Waals surface area contributed by atoms with Crippen LogP contribution in [0, 0.1) is 13.8 Å². The molecule has 5 heteroatoms. The summed E-state index contributed by atoms with van der Waals surface area (Å²) in [6, 6.07) is 2.01. The summed E-state index contributed by atoms with van der Waals surface area (Å²) in [5, 5.41) is 0. The molecular formula is C10H18N2O2S. The fourth-order valence-corrected chi connectivity index (χ4v) is 1.98. The Morgan fingerprint density at radius 2 is 2.00 bits per heavy atom. The van der Waals surface area contributed by atoms with E-state index < -0.39 is 10.0 Å². The smallest absolute Gasteiger partial charge is 0.211 e. The molecule has 0 amide bonds. The van der Waals surface area contributed by atoms with E-state index in [0.29, 0.717) is 6.54 Å². The SMILES string of the molecule is CCS(=O)(=O)NCc1cc(C)n(C)c1C. The van der Waals surface area contributed by atoms with E-state index in [2.05, 4.69) is 9.29 Å². The van der Waals surface area contributed by atoms with Crippen LogP contribution >= 0.6 is 0 Å². The lowest BCUT2D eigenvalue weighted by Gasteiger charge is -2.04. The van der Waals surface area contributed by atoms with Gasteiger partial charge in [-0.3, -0.25) is 0 Å². The topological polar surface area (TPSA) is 51.1 Å². The Balaban J connectivity index is 2.79. The Hall–Kier alpha value is -0.810. The van der Waals surface area contributed by atoms with Gasteiger partial charge in [0.15, 0.2) is 0 Å². The van der Waals surface area contributed by atoms with Crippen LogP contribution in [-0.4, -0.2) is 18.7 Å². The molecule has 0 bridgehead atoms. The van der Waals surface area contributed by atoms with E-state index >= 15 is 0 Å². The molecule has 0 fully saturated rings. The molecular weight excluding hydrogens is 212 g/mol.